The monoisotopic (exact) mass is 571 g/mol. The van der Waals surface area contributed by atoms with Gasteiger partial charge in [-0.25, -0.2) is 27.3 Å². The van der Waals surface area contributed by atoms with Crippen LogP contribution in [0.4, 0.5) is 36.8 Å². The Hall–Kier alpha value is -3.22. The maximum Gasteiger partial charge on any atom is 0.336 e. The van der Waals surface area contributed by atoms with E-state index in [-0.39, 0.29) is 5.75 Å². The number of urea groups is 1. The van der Waals surface area contributed by atoms with Crippen molar-refractivity contribution in [3.05, 3.63) is 82.3 Å². The van der Waals surface area contributed by atoms with Gasteiger partial charge in [-0.3, -0.25) is 10.1 Å². The topological polar surface area (TPSA) is 80.3 Å². The summed E-state index contributed by atoms with van der Waals surface area (Å²) in [5, 5.41) is 3.08. The number of hydrogen-bond acceptors (Lipinski definition) is 4. The molecule has 0 aliphatic rings. The number of rotatable bonds is 6. The van der Waals surface area contributed by atoms with Crippen molar-refractivity contribution in [3.63, 3.8) is 0 Å². The lowest BCUT2D eigenvalue weighted by molar-refractivity contribution is -0.0653. The van der Waals surface area contributed by atoms with Gasteiger partial charge in [0.1, 0.15) is 33.8 Å². The summed E-state index contributed by atoms with van der Waals surface area (Å²) in [4.78, 5) is 27.4. The third-order valence-electron chi connectivity index (χ3n) is 4.35. The number of carbonyl (C=O) groups is 2. The van der Waals surface area contributed by atoms with Gasteiger partial charge in [-0.2, -0.15) is 8.78 Å². The van der Waals surface area contributed by atoms with Crippen LogP contribution in [0.15, 0.2) is 48.7 Å². The van der Waals surface area contributed by atoms with Crippen molar-refractivity contribution in [2.24, 2.45) is 0 Å². The van der Waals surface area contributed by atoms with Crippen molar-refractivity contribution in [1.29, 1.82) is 0 Å². The fraction of sp³-hybridized carbons (Fsp3) is 0.0952. The van der Waals surface area contributed by atoms with Gasteiger partial charge in [0.2, 0.25) is 5.88 Å². The summed E-state index contributed by atoms with van der Waals surface area (Å²) in [5.74, 6) is -10.0. The van der Waals surface area contributed by atoms with Gasteiger partial charge in [-0.05, 0) is 30.3 Å². The van der Waals surface area contributed by atoms with Crippen molar-refractivity contribution in [2.75, 3.05) is 5.32 Å². The molecule has 0 saturated carbocycles. The second kappa shape index (κ2) is 10.4. The van der Waals surface area contributed by atoms with E-state index in [4.69, 9.17) is 39.5 Å². The van der Waals surface area contributed by atoms with Crippen LogP contribution in [0, 0.1) is 17.5 Å². The highest BCUT2D eigenvalue weighted by Crippen LogP contribution is 2.48. The van der Waals surface area contributed by atoms with E-state index in [0.717, 1.165) is 36.4 Å². The lowest BCUT2D eigenvalue weighted by Crippen LogP contribution is -2.35. The molecule has 2 N–H and O–H groups in total. The fourth-order valence-electron chi connectivity index (χ4n) is 2.64. The molecule has 1 heterocycles. The molecule has 36 heavy (non-hydrogen) atoms. The molecule has 3 amide bonds. The predicted octanol–water partition coefficient (Wildman–Crippen LogP) is 7.10. The number of aromatic nitrogens is 1. The van der Waals surface area contributed by atoms with Crippen LogP contribution in [-0.4, -0.2) is 21.5 Å². The van der Waals surface area contributed by atoms with Crippen molar-refractivity contribution < 1.29 is 40.7 Å². The molecular weight excluding hydrogens is 563 g/mol. The molecule has 0 radical (unpaired) electrons. The average Bonchev–Trinajstić information content (AvgIpc) is 2.76. The molecule has 0 fully saturated rings. The van der Waals surface area contributed by atoms with E-state index in [1.165, 1.54) is 0 Å². The summed E-state index contributed by atoms with van der Waals surface area (Å²) in [5.41, 5.74) is -2.55. The lowest BCUT2D eigenvalue weighted by atomic mass is 10.1. The summed E-state index contributed by atoms with van der Waals surface area (Å²) >= 11 is 15.5. The van der Waals surface area contributed by atoms with Crippen LogP contribution in [0.1, 0.15) is 15.9 Å². The smallest absolute Gasteiger partial charge is 0.336 e. The lowest BCUT2D eigenvalue weighted by Gasteiger charge is -2.22. The summed E-state index contributed by atoms with van der Waals surface area (Å²) in [7, 11) is 0. The van der Waals surface area contributed by atoms with Crippen molar-refractivity contribution in [2.45, 2.75) is 10.5 Å². The highest BCUT2D eigenvalue weighted by atomic mass is 35.5. The normalized spacial score (nSPS) is 11.7. The number of ether oxygens (including phenoxy) is 1. The van der Waals surface area contributed by atoms with Crippen LogP contribution >= 0.6 is 34.8 Å². The van der Waals surface area contributed by atoms with Crippen LogP contribution in [0.3, 0.4) is 0 Å². The molecule has 0 aliphatic carbocycles. The summed E-state index contributed by atoms with van der Waals surface area (Å²) in [6.45, 7) is 0. The second-order valence-electron chi connectivity index (χ2n) is 6.83. The quantitative estimate of drug-likeness (QED) is 0.244. The molecule has 3 rings (SSSR count). The molecule has 190 valence electrons. The zero-order valence-corrected chi connectivity index (χ0v) is 19.5. The van der Waals surface area contributed by atoms with Crippen LogP contribution in [0.2, 0.25) is 5.02 Å². The Labute approximate surface area is 213 Å². The molecule has 3 aromatic rings. The van der Waals surface area contributed by atoms with Gasteiger partial charge in [-0.15, -0.1) is 0 Å². The van der Waals surface area contributed by atoms with E-state index >= 15 is 0 Å². The first-order chi connectivity index (χ1) is 16.7. The first-order valence-corrected chi connectivity index (χ1v) is 10.5. The van der Waals surface area contributed by atoms with E-state index in [1.54, 1.807) is 5.32 Å². The first-order valence-electron chi connectivity index (χ1n) is 9.35. The van der Waals surface area contributed by atoms with Gasteiger partial charge >= 0.3 is 16.5 Å². The zero-order valence-electron chi connectivity index (χ0n) is 17.2. The number of nitrogens with one attached hydrogen (secondary N) is 2. The van der Waals surface area contributed by atoms with E-state index in [9.17, 15) is 35.9 Å². The van der Waals surface area contributed by atoms with Crippen molar-refractivity contribution in [3.8, 4) is 11.6 Å². The number of benzene rings is 2. The third kappa shape index (κ3) is 5.94. The Kier molecular flexibility index (Phi) is 7.91. The Balaban J connectivity index is 1.70. The summed E-state index contributed by atoms with van der Waals surface area (Å²) in [6.07, 6.45) is 0.492. The molecule has 0 atom stereocenters. The third-order valence-corrected chi connectivity index (χ3v) is 5.09. The Morgan fingerprint density at radius 2 is 1.58 bits per heavy atom. The van der Waals surface area contributed by atoms with Crippen molar-refractivity contribution >= 4 is 52.4 Å². The van der Waals surface area contributed by atoms with E-state index < -0.39 is 67.6 Å². The number of pyridine rings is 1. The fourth-order valence-corrected chi connectivity index (χ4v) is 3.07. The molecule has 0 saturated heterocycles. The molecule has 0 aliphatic heterocycles. The molecule has 0 unspecified atom stereocenters. The largest absolute Gasteiger partial charge is 0.437 e. The minimum absolute atomic E-state index is 0.258. The molecule has 6 nitrogen and oxygen atoms in total. The number of halogens is 9. The average molecular weight is 573 g/mol. The van der Waals surface area contributed by atoms with Crippen LogP contribution in [0.25, 0.3) is 0 Å². The maximum absolute atomic E-state index is 14.4. The predicted molar refractivity (Wildman–Crippen MR) is 118 cm³/mol. The SMILES string of the molecule is O=C(NC(=O)c1c(F)cccc1F)Nc1ccc(Oc2ncc(C(F)(F)C(F)(Cl)Cl)cc2Cl)cc1F. The number of hydrogen-bond donors (Lipinski definition) is 2. The van der Waals surface area contributed by atoms with Gasteiger partial charge in [0, 0.05) is 17.8 Å². The van der Waals surface area contributed by atoms with E-state index in [2.05, 4.69) is 4.98 Å². The Morgan fingerprint density at radius 3 is 2.14 bits per heavy atom. The standard InChI is InChI=1S/C21H10Cl3F6N3O3/c22-11-6-9(20(28,29)21(23,24)30)8-31-18(11)36-10-4-5-15(14(27)7-10)32-19(35)33-17(34)16-12(25)2-1-3-13(16)26/h1-8H,(H2,32,33,34,35). The first kappa shape index (κ1) is 27.4. The van der Waals surface area contributed by atoms with E-state index in [1.807, 2.05) is 5.32 Å². The minimum Gasteiger partial charge on any atom is -0.437 e. The number of imide groups is 1. The van der Waals surface area contributed by atoms with Gasteiger partial charge < -0.3 is 10.1 Å². The Bertz CT molecular complexity index is 1320. The summed E-state index contributed by atoms with van der Waals surface area (Å²) in [6, 6.07) is 4.72. The molecule has 2 aromatic carbocycles. The zero-order chi connectivity index (χ0) is 26.8. The highest BCUT2D eigenvalue weighted by Gasteiger charge is 2.54. The van der Waals surface area contributed by atoms with Crippen molar-refractivity contribution in [1.82, 2.24) is 10.3 Å². The van der Waals surface area contributed by atoms with Gasteiger partial charge in [0.15, 0.2) is 0 Å². The number of carbonyl (C=O) groups excluding carboxylic acids is 2. The number of nitrogens with zero attached hydrogens (tertiary/aromatic N) is 1. The molecular formula is C21H10Cl3F6N3O3. The molecule has 15 heteroatoms. The minimum atomic E-state index is -4.37. The second-order valence-corrected chi connectivity index (χ2v) is 8.47. The van der Waals surface area contributed by atoms with Gasteiger partial charge in [-0.1, -0.05) is 40.9 Å². The van der Waals surface area contributed by atoms with Gasteiger partial charge in [0.25, 0.3) is 5.91 Å². The number of alkyl halides is 5. The summed E-state index contributed by atoms with van der Waals surface area (Å²) < 4.78 is 84.1. The molecule has 1 aromatic heterocycles. The van der Waals surface area contributed by atoms with Gasteiger partial charge in [0.05, 0.1) is 5.69 Å². The van der Waals surface area contributed by atoms with E-state index in [0.29, 0.717) is 12.3 Å². The molecule has 0 spiro atoms. The number of anilines is 1. The Morgan fingerprint density at radius 1 is 0.944 bits per heavy atom. The van der Waals surface area contributed by atoms with Crippen LogP contribution < -0.4 is 15.4 Å². The van der Waals surface area contributed by atoms with Crippen LogP contribution in [0.5, 0.6) is 11.6 Å². The van der Waals surface area contributed by atoms with Crippen LogP contribution in [-0.2, 0) is 5.92 Å². The highest BCUT2D eigenvalue weighted by molar-refractivity contribution is 6.47. The number of amides is 3. The molecule has 0 bridgehead atoms. The maximum atomic E-state index is 14.4.